The van der Waals surface area contributed by atoms with Crippen LogP contribution in [-0.2, 0) is 11.2 Å². The first-order valence-electron chi connectivity index (χ1n) is 6.62. The van der Waals surface area contributed by atoms with E-state index in [1.54, 1.807) is 0 Å². The predicted octanol–water partition coefficient (Wildman–Crippen LogP) is 0.942. The molecule has 1 aromatic carbocycles. The lowest BCUT2D eigenvalue weighted by Crippen LogP contribution is -2.42. The van der Waals surface area contributed by atoms with Gasteiger partial charge in [-0.05, 0) is 25.3 Å². The molecule has 0 aliphatic heterocycles. The zero-order chi connectivity index (χ0) is 14.4. The van der Waals surface area contributed by atoms with Gasteiger partial charge in [0.25, 0.3) is 0 Å². The van der Waals surface area contributed by atoms with Crippen molar-refractivity contribution < 1.29 is 4.79 Å². The van der Waals surface area contributed by atoms with E-state index in [-0.39, 0.29) is 11.9 Å². The summed E-state index contributed by atoms with van der Waals surface area (Å²) in [5, 5.41) is 9.30. The molecule has 0 spiro atoms. The predicted molar refractivity (Wildman–Crippen MR) is 75.7 cm³/mol. The maximum Gasteiger partial charge on any atom is 0.237 e. The van der Waals surface area contributed by atoms with E-state index in [1.165, 1.54) is 11.9 Å². The third kappa shape index (κ3) is 3.89. The normalized spacial score (nSPS) is 13.7. The quantitative estimate of drug-likeness (QED) is 0.729. The van der Waals surface area contributed by atoms with Gasteiger partial charge in [-0.2, -0.15) is 5.10 Å². The minimum absolute atomic E-state index is 0.176. The number of hydrogen-bond donors (Lipinski definition) is 3. The maximum atomic E-state index is 12.0. The molecule has 2 atom stereocenters. The van der Waals surface area contributed by atoms with E-state index in [1.807, 2.05) is 37.3 Å². The first kappa shape index (κ1) is 14.2. The summed E-state index contributed by atoms with van der Waals surface area (Å²) in [5.41, 5.74) is 7.09. The third-order valence-electron chi connectivity index (χ3n) is 3.13. The molecule has 0 bridgehead atoms. The summed E-state index contributed by atoms with van der Waals surface area (Å²) in [5.74, 6) is 0.443. The molecule has 2 rings (SSSR count). The Labute approximate surface area is 117 Å². The Bertz CT molecular complexity index is 526. The van der Waals surface area contributed by atoms with Crippen molar-refractivity contribution in [1.29, 1.82) is 0 Å². The van der Waals surface area contributed by atoms with E-state index < -0.39 is 6.04 Å². The van der Waals surface area contributed by atoms with Crippen LogP contribution < -0.4 is 11.1 Å². The Morgan fingerprint density at radius 3 is 2.80 bits per heavy atom. The van der Waals surface area contributed by atoms with E-state index in [9.17, 15) is 4.79 Å². The zero-order valence-electron chi connectivity index (χ0n) is 11.4. The average molecular weight is 273 g/mol. The Kier molecular flexibility index (Phi) is 4.84. The number of carbonyl (C=O) groups is 1. The van der Waals surface area contributed by atoms with Crippen molar-refractivity contribution in [3.8, 4) is 0 Å². The number of nitrogens with one attached hydrogen (secondary N) is 2. The second-order valence-electron chi connectivity index (χ2n) is 4.73. The van der Waals surface area contributed by atoms with Crippen molar-refractivity contribution in [2.24, 2.45) is 5.73 Å². The van der Waals surface area contributed by atoms with E-state index in [4.69, 9.17) is 5.73 Å². The third-order valence-corrected chi connectivity index (χ3v) is 3.13. The molecule has 106 valence electrons. The minimum atomic E-state index is -0.527. The molecular formula is C14H19N5O. The lowest BCUT2D eigenvalue weighted by atomic mass is 10.1. The maximum absolute atomic E-state index is 12.0. The number of hydrogen-bond acceptors (Lipinski definition) is 4. The van der Waals surface area contributed by atoms with Crippen LogP contribution in [0.2, 0.25) is 0 Å². The van der Waals surface area contributed by atoms with Crippen LogP contribution in [0, 0.1) is 0 Å². The molecule has 1 aromatic heterocycles. The number of benzene rings is 1. The topological polar surface area (TPSA) is 96.7 Å². The smallest absolute Gasteiger partial charge is 0.237 e. The molecule has 0 radical (unpaired) electrons. The molecular weight excluding hydrogens is 254 g/mol. The number of aryl methyl sites for hydroxylation is 1. The molecule has 2 aromatic rings. The summed E-state index contributed by atoms with van der Waals surface area (Å²) >= 11 is 0. The molecule has 4 N–H and O–H groups in total. The van der Waals surface area contributed by atoms with Gasteiger partial charge in [-0.1, -0.05) is 30.3 Å². The van der Waals surface area contributed by atoms with Gasteiger partial charge in [-0.15, -0.1) is 0 Å². The van der Waals surface area contributed by atoms with Crippen molar-refractivity contribution in [1.82, 2.24) is 20.5 Å². The van der Waals surface area contributed by atoms with Crippen LogP contribution in [0.25, 0.3) is 0 Å². The molecule has 0 saturated heterocycles. The van der Waals surface area contributed by atoms with E-state index in [2.05, 4.69) is 20.5 Å². The molecule has 1 unspecified atom stereocenters. The van der Waals surface area contributed by atoms with Gasteiger partial charge in [0.2, 0.25) is 5.91 Å². The number of carbonyl (C=O) groups excluding carboxylic acids is 1. The van der Waals surface area contributed by atoms with E-state index >= 15 is 0 Å². The first-order valence-corrected chi connectivity index (χ1v) is 6.62. The molecule has 1 amide bonds. The van der Waals surface area contributed by atoms with Crippen molar-refractivity contribution >= 4 is 5.91 Å². The van der Waals surface area contributed by atoms with Crippen molar-refractivity contribution in [2.45, 2.75) is 31.8 Å². The fourth-order valence-corrected chi connectivity index (χ4v) is 1.91. The first-order chi connectivity index (χ1) is 9.66. The molecule has 0 aliphatic carbocycles. The van der Waals surface area contributed by atoms with Crippen molar-refractivity contribution in [2.75, 3.05) is 0 Å². The fraction of sp³-hybridized carbons (Fsp3) is 0.357. The second-order valence-corrected chi connectivity index (χ2v) is 4.73. The van der Waals surface area contributed by atoms with Crippen LogP contribution in [-0.4, -0.2) is 27.1 Å². The summed E-state index contributed by atoms with van der Waals surface area (Å²) < 4.78 is 0. The van der Waals surface area contributed by atoms with Crippen LogP contribution >= 0.6 is 0 Å². The Morgan fingerprint density at radius 1 is 1.40 bits per heavy atom. The van der Waals surface area contributed by atoms with Crippen LogP contribution in [0.3, 0.4) is 0 Å². The highest BCUT2D eigenvalue weighted by molar-refractivity contribution is 5.81. The lowest BCUT2D eigenvalue weighted by molar-refractivity contribution is -0.123. The average Bonchev–Trinajstić information content (AvgIpc) is 3.00. The van der Waals surface area contributed by atoms with Gasteiger partial charge in [0.05, 0.1) is 12.1 Å². The van der Waals surface area contributed by atoms with Gasteiger partial charge in [-0.3, -0.25) is 9.89 Å². The van der Waals surface area contributed by atoms with Crippen LogP contribution in [0.5, 0.6) is 0 Å². The van der Waals surface area contributed by atoms with Crippen LogP contribution in [0.15, 0.2) is 36.7 Å². The molecule has 6 nitrogen and oxygen atoms in total. The van der Waals surface area contributed by atoms with Crippen molar-refractivity contribution in [3.05, 3.63) is 48.0 Å². The number of aromatic amines is 1. The molecule has 0 saturated carbocycles. The summed E-state index contributed by atoms with van der Waals surface area (Å²) in [7, 11) is 0. The number of nitrogens with zero attached hydrogens (tertiary/aromatic N) is 2. The lowest BCUT2D eigenvalue weighted by Gasteiger charge is -2.15. The van der Waals surface area contributed by atoms with Gasteiger partial charge in [0.1, 0.15) is 12.2 Å². The van der Waals surface area contributed by atoms with E-state index in [0.29, 0.717) is 12.2 Å². The summed E-state index contributed by atoms with van der Waals surface area (Å²) in [6.07, 6.45) is 2.80. The van der Waals surface area contributed by atoms with Gasteiger partial charge >= 0.3 is 0 Å². The molecule has 20 heavy (non-hydrogen) atoms. The number of rotatable bonds is 6. The molecule has 6 heteroatoms. The van der Waals surface area contributed by atoms with Gasteiger partial charge in [0, 0.05) is 0 Å². The standard InChI is InChI=1S/C14H19N5O/c1-10(13-16-9-17-19-13)18-14(20)12(15)8-7-11-5-3-2-4-6-11/h2-6,9-10,12H,7-8,15H2,1H3,(H,18,20)(H,16,17,19)/t10?,12-/m0/s1. The summed E-state index contributed by atoms with van der Waals surface area (Å²) in [6, 6.07) is 9.23. The Hall–Kier alpha value is -2.21. The summed E-state index contributed by atoms with van der Waals surface area (Å²) in [4.78, 5) is 16.0. The monoisotopic (exact) mass is 273 g/mol. The zero-order valence-corrected chi connectivity index (χ0v) is 11.4. The SMILES string of the molecule is CC(NC(=O)[C@@H](N)CCc1ccccc1)c1ncn[nH]1. The van der Waals surface area contributed by atoms with Crippen LogP contribution in [0.1, 0.15) is 30.8 Å². The second kappa shape index (κ2) is 6.81. The Morgan fingerprint density at radius 2 is 2.15 bits per heavy atom. The molecule has 0 aliphatic rings. The van der Waals surface area contributed by atoms with E-state index in [0.717, 1.165) is 6.42 Å². The highest BCUT2D eigenvalue weighted by Gasteiger charge is 2.17. The molecule has 0 fully saturated rings. The number of H-pyrrole nitrogens is 1. The highest BCUT2D eigenvalue weighted by Crippen LogP contribution is 2.07. The number of nitrogens with two attached hydrogens (primary N) is 1. The minimum Gasteiger partial charge on any atom is -0.345 e. The number of aromatic nitrogens is 3. The van der Waals surface area contributed by atoms with Gasteiger partial charge in [-0.25, -0.2) is 4.98 Å². The number of amides is 1. The summed E-state index contributed by atoms with van der Waals surface area (Å²) in [6.45, 7) is 1.84. The van der Waals surface area contributed by atoms with Crippen molar-refractivity contribution in [3.63, 3.8) is 0 Å². The van der Waals surface area contributed by atoms with Gasteiger partial charge < -0.3 is 11.1 Å². The fourth-order valence-electron chi connectivity index (χ4n) is 1.91. The molecule has 1 heterocycles. The Balaban J connectivity index is 1.80. The highest BCUT2D eigenvalue weighted by atomic mass is 16.2. The largest absolute Gasteiger partial charge is 0.345 e. The van der Waals surface area contributed by atoms with Crippen LogP contribution in [0.4, 0.5) is 0 Å². The van der Waals surface area contributed by atoms with Gasteiger partial charge in [0.15, 0.2) is 0 Å².